The summed E-state index contributed by atoms with van der Waals surface area (Å²) in [6.07, 6.45) is 3.49. The van der Waals surface area contributed by atoms with Crippen molar-refractivity contribution in [2.75, 3.05) is 7.11 Å². The number of ether oxygens (including phenoxy) is 1. The number of hydrazine groups is 1. The number of aromatic nitrogens is 1. The highest BCUT2D eigenvalue weighted by molar-refractivity contribution is 5.38. The topological polar surface area (TPSA) is 60.2 Å². The zero-order valence-electron chi connectivity index (χ0n) is 12.9. The standard InChI is InChI=1S/C17H23N3O/c1-4-13-6-5-9-19-17(13)15(20-18)11-14-10-12(2)7-8-16(14)21-3/h5-10,15,20H,4,11,18H2,1-3H3. The van der Waals surface area contributed by atoms with Crippen LogP contribution in [0.1, 0.15) is 35.3 Å². The highest BCUT2D eigenvalue weighted by Gasteiger charge is 2.17. The smallest absolute Gasteiger partial charge is 0.122 e. The lowest BCUT2D eigenvalue weighted by Gasteiger charge is -2.20. The number of aryl methyl sites for hydroxylation is 2. The number of nitrogens with one attached hydrogen (secondary N) is 1. The van der Waals surface area contributed by atoms with Gasteiger partial charge in [0.15, 0.2) is 0 Å². The molecule has 1 unspecified atom stereocenters. The van der Waals surface area contributed by atoms with E-state index in [9.17, 15) is 0 Å². The van der Waals surface area contributed by atoms with Crippen LogP contribution in [0.3, 0.4) is 0 Å². The van der Waals surface area contributed by atoms with Crippen molar-refractivity contribution in [1.29, 1.82) is 0 Å². The molecule has 0 saturated heterocycles. The quantitative estimate of drug-likeness (QED) is 0.633. The van der Waals surface area contributed by atoms with Crippen LogP contribution in [-0.2, 0) is 12.8 Å². The van der Waals surface area contributed by atoms with Crippen LogP contribution in [0.15, 0.2) is 36.5 Å². The highest BCUT2D eigenvalue weighted by atomic mass is 16.5. The monoisotopic (exact) mass is 285 g/mol. The van der Waals surface area contributed by atoms with Crippen LogP contribution in [0.4, 0.5) is 0 Å². The normalized spacial score (nSPS) is 12.2. The Balaban J connectivity index is 2.33. The van der Waals surface area contributed by atoms with Crippen molar-refractivity contribution in [3.05, 3.63) is 58.9 Å². The second kappa shape index (κ2) is 7.20. The maximum Gasteiger partial charge on any atom is 0.122 e. The molecule has 0 aliphatic carbocycles. The van der Waals surface area contributed by atoms with Crippen LogP contribution < -0.4 is 16.0 Å². The van der Waals surface area contributed by atoms with Crippen LogP contribution in [0.2, 0.25) is 0 Å². The maximum absolute atomic E-state index is 5.77. The molecule has 3 N–H and O–H groups in total. The summed E-state index contributed by atoms with van der Waals surface area (Å²) in [5.74, 6) is 6.66. The zero-order chi connectivity index (χ0) is 15.2. The molecular formula is C17H23N3O. The maximum atomic E-state index is 5.77. The van der Waals surface area contributed by atoms with Crippen molar-refractivity contribution in [3.63, 3.8) is 0 Å². The molecule has 2 rings (SSSR count). The van der Waals surface area contributed by atoms with E-state index >= 15 is 0 Å². The molecule has 1 aromatic carbocycles. The summed E-state index contributed by atoms with van der Waals surface area (Å²) in [5, 5.41) is 0. The summed E-state index contributed by atoms with van der Waals surface area (Å²) < 4.78 is 5.45. The summed E-state index contributed by atoms with van der Waals surface area (Å²) in [4.78, 5) is 4.51. The minimum Gasteiger partial charge on any atom is -0.496 e. The third kappa shape index (κ3) is 3.60. The van der Waals surface area contributed by atoms with E-state index in [0.29, 0.717) is 0 Å². The number of methoxy groups -OCH3 is 1. The fourth-order valence-corrected chi connectivity index (χ4v) is 2.58. The molecule has 1 atom stereocenters. The van der Waals surface area contributed by atoms with Gasteiger partial charge in [0, 0.05) is 6.20 Å². The Morgan fingerprint density at radius 2 is 2.10 bits per heavy atom. The van der Waals surface area contributed by atoms with Crippen LogP contribution in [0.25, 0.3) is 0 Å². The molecule has 0 fully saturated rings. The molecule has 2 aromatic rings. The lowest BCUT2D eigenvalue weighted by atomic mass is 9.97. The molecule has 112 valence electrons. The van der Waals surface area contributed by atoms with Crippen LogP contribution >= 0.6 is 0 Å². The third-order valence-electron chi connectivity index (χ3n) is 3.70. The number of rotatable bonds is 6. The molecule has 0 bridgehead atoms. The van der Waals surface area contributed by atoms with E-state index in [1.165, 1.54) is 11.1 Å². The summed E-state index contributed by atoms with van der Waals surface area (Å²) in [6, 6.07) is 10.2. The summed E-state index contributed by atoms with van der Waals surface area (Å²) >= 11 is 0. The Morgan fingerprint density at radius 1 is 1.29 bits per heavy atom. The summed E-state index contributed by atoms with van der Waals surface area (Å²) in [7, 11) is 1.69. The predicted molar refractivity (Wildman–Crippen MR) is 85.1 cm³/mol. The number of hydrogen-bond acceptors (Lipinski definition) is 4. The van der Waals surface area contributed by atoms with Gasteiger partial charge in [0.25, 0.3) is 0 Å². The number of nitrogens with two attached hydrogens (primary N) is 1. The van der Waals surface area contributed by atoms with E-state index in [2.05, 4.69) is 36.4 Å². The molecular weight excluding hydrogens is 262 g/mol. The van der Waals surface area contributed by atoms with E-state index in [-0.39, 0.29) is 6.04 Å². The largest absolute Gasteiger partial charge is 0.496 e. The van der Waals surface area contributed by atoms with Gasteiger partial charge < -0.3 is 4.74 Å². The average Bonchev–Trinajstić information content (AvgIpc) is 2.52. The van der Waals surface area contributed by atoms with Crippen molar-refractivity contribution in [1.82, 2.24) is 10.4 Å². The molecule has 1 aromatic heterocycles. The van der Waals surface area contributed by atoms with Crippen molar-refractivity contribution in [3.8, 4) is 5.75 Å². The minimum absolute atomic E-state index is 0.0307. The number of pyridine rings is 1. The van der Waals surface area contributed by atoms with E-state index in [1.807, 2.05) is 24.4 Å². The molecule has 0 amide bonds. The lowest BCUT2D eigenvalue weighted by Crippen LogP contribution is -2.31. The molecule has 21 heavy (non-hydrogen) atoms. The van der Waals surface area contributed by atoms with Gasteiger partial charge in [-0.1, -0.05) is 30.7 Å². The lowest BCUT2D eigenvalue weighted by molar-refractivity contribution is 0.405. The third-order valence-corrected chi connectivity index (χ3v) is 3.70. The van der Waals surface area contributed by atoms with Crippen molar-refractivity contribution >= 4 is 0 Å². The van der Waals surface area contributed by atoms with Gasteiger partial charge in [0.05, 0.1) is 18.8 Å². The molecule has 0 aliphatic heterocycles. The average molecular weight is 285 g/mol. The van der Waals surface area contributed by atoms with Gasteiger partial charge in [-0.2, -0.15) is 0 Å². The Hall–Kier alpha value is -1.91. The number of hydrogen-bond donors (Lipinski definition) is 2. The molecule has 4 heteroatoms. The Labute approximate surface area is 126 Å². The van der Waals surface area contributed by atoms with E-state index in [4.69, 9.17) is 10.6 Å². The van der Waals surface area contributed by atoms with Gasteiger partial charge in [-0.25, -0.2) is 0 Å². The first-order valence-corrected chi connectivity index (χ1v) is 7.23. The van der Waals surface area contributed by atoms with Crippen molar-refractivity contribution in [2.45, 2.75) is 32.7 Å². The SMILES string of the molecule is CCc1cccnc1C(Cc1cc(C)ccc1OC)NN. The van der Waals surface area contributed by atoms with E-state index < -0.39 is 0 Å². The first-order chi connectivity index (χ1) is 10.2. The molecule has 0 aliphatic rings. The molecule has 0 saturated carbocycles. The van der Waals surface area contributed by atoms with Gasteiger partial charge in [-0.05, 0) is 43.0 Å². The van der Waals surface area contributed by atoms with Crippen LogP contribution in [0, 0.1) is 6.92 Å². The predicted octanol–water partition coefficient (Wildman–Crippen LogP) is 2.71. The first kappa shape index (κ1) is 15.5. The second-order valence-electron chi connectivity index (χ2n) is 5.14. The first-order valence-electron chi connectivity index (χ1n) is 7.23. The Kier molecular flexibility index (Phi) is 5.31. The van der Waals surface area contributed by atoms with Gasteiger partial charge >= 0.3 is 0 Å². The molecule has 1 heterocycles. The highest BCUT2D eigenvalue weighted by Crippen LogP contribution is 2.26. The number of benzene rings is 1. The fourth-order valence-electron chi connectivity index (χ4n) is 2.58. The molecule has 0 radical (unpaired) electrons. The Bertz CT molecular complexity index is 598. The van der Waals surface area contributed by atoms with Gasteiger partial charge in [0.2, 0.25) is 0 Å². The molecule has 4 nitrogen and oxygen atoms in total. The van der Waals surface area contributed by atoms with Gasteiger partial charge in [0.1, 0.15) is 5.75 Å². The fraction of sp³-hybridized carbons (Fsp3) is 0.353. The van der Waals surface area contributed by atoms with E-state index in [0.717, 1.165) is 29.8 Å². The van der Waals surface area contributed by atoms with Crippen molar-refractivity contribution in [2.24, 2.45) is 5.84 Å². The summed E-state index contributed by atoms with van der Waals surface area (Å²) in [5.41, 5.74) is 7.45. The molecule has 0 spiro atoms. The number of nitrogens with zero attached hydrogens (tertiary/aromatic N) is 1. The van der Waals surface area contributed by atoms with Gasteiger partial charge in [-0.3, -0.25) is 16.3 Å². The second-order valence-corrected chi connectivity index (χ2v) is 5.14. The van der Waals surface area contributed by atoms with Gasteiger partial charge in [-0.15, -0.1) is 0 Å². The van der Waals surface area contributed by atoms with Crippen LogP contribution in [0.5, 0.6) is 5.75 Å². The van der Waals surface area contributed by atoms with Crippen LogP contribution in [-0.4, -0.2) is 12.1 Å². The minimum atomic E-state index is -0.0307. The summed E-state index contributed by atoms with van der Waals surface area (Å²) in [6.45, 7) is 4.20. The van der Waals surface area contributed by atoms with Crippen molar-refractivity contribution < 1.29 is 4.74 Å². The zero-order valence-corrected chi connectivity index (χ0v) is 12.9. The Morgan fingerprint density at radius 3 is 2.76 bits per heavy atom. The van der Waals surface area contributed by atoms with E-state index in [1.54, 1.807) is 7.11 Å².